The van der Waals surface area contributed by atoms with Crippen LogP contribution in [0.2, 0.25) is 0 Å². The van der Waals surface area contributed by atoms with Crippen LogP contribution in [-0.4, -0.2) is 24.5 Å². The second kappa shape index (κ2) is 7.43. The molecular weight excluding hydrogens is 272 g/mol. The Morgan fingerprint density at radius 3 is 2.85 bits per heavy atom. The van der Waals surface area contributed by atoms with E-state index in [0.29, 0.717) is 22.9 Å². The van der Waals surface area contributed by atoms with E-state index in [4.69, 9.17) is 10.5 Å². The van der Waals surface area contributed by atoms with Gasteiger partial charge in [-0.2, -0.15) is 11.8 Å². The van der Waals surface area contributed by atoms with Crippen LogP contribution >= 0.6 is 11.8 Å². The maximum Gasteiger partial charge on any atom is 0.234 e. The Labute approximate surface area is 124 Å². The summed E-state index contributed by atoms with van der Waals surface area (Å²) in [6.45, 7) is 0. The van der Waals surface area contributed by atoms with Crippen molar-refractivity contribution in [1.29, 1.82) is 0 Å². The number of carbonyl (C=O) groups excluding carboxylic acids is 1. The fourth-order valence-electron chi connectivity index (χ4n) is 2.46. The highest BCUT2D eigenvalue weighted by atomic mass is 32.2. The lowest BCUT2D eigenvalue weighted by atomic mass is 10.1. The minimum Gasteiger partial charge on any atom is -0.497 e. The highest BCUT2D eigenvalue weighted by Gasteiger charge is 2.15. The van der Waals surface area contributed by atoms with Crippen LogP contribution in [0.25, 0.3) is 0 Å². The van der Waals surface area contributed by atoms with Crippen molar-refractivity contribution < 1.29 is 9.53 Å². The number of nitrogen functional groups attached to an aromatic ring is 1. The van der Waals surface area contributed by atoms with Crippen molar-refractivity contribution in [3.8, 4) is 5.75 Å². The minimum absolute atomic E-state index is 0.00450. The standard InChI is InChI=1S/C15H22N2O2S/c1-19-12-6-7-14(13(16)8-12)17-15(18)10-20-9-11-4-2-3-5-11/h6-8,11H,2-5,9-10,16H2,1H3,(H,17,18). The maximum atomic E-state index is 11.9. The zero-order valence-corrected chi connectivity index (χ0v) is 12.7. The highest BCUT2D eigenvalue weighted by Crippen LogP contribution is 2.28. The Bertz CT molecular complexity index is 459. The van der Waals surface area contributed by atoms with Gasteiger partial charge in [0, 0.05) is 6.07 Å². The number of anilines is 2. The van der Waals surface area contributed by atoms with Gasteiger partial charge in [-0.25, -0.2) is 0 Å². The van der Waals surface area contributed by atoms with Crippen LogP contribution in [-0.2, 0) is 4.79 Å². The molecule has 2 rings (SSSR count). The van der Waals surface area contributed by atoms with Gasteiger partial charge in [-0.3, -0.25) is 4.79 Å². The fourth-order valence-corrected chi connectivity index (χ4v) is 3.51. The zero-order chi connectivity index (χ0) is 14.4. The van der Waals surface area contributed by atoms with Crippen molar-refractivity contribution in [1.82, 2.24) is 0 Å². The van der Waals surface area contributed by atoms with Gasteiger partial charge in [-0.1, -0.05) is 12.8 Å². The summed E-state index contributed by atoms with van der Waals surface area (Å²) in [4.78, 5) is 11.9. The van der Waals surface area contributed by atoms with Gasteiger partial charge < -0.3 is 15.8 Å². The van der Waals surface area contributed by atoms with Crippen LogP contribution in [0.3, 0.4) is 0 Å². The molecule has 1 fully saturated rings. The molecule has 1 aliphatic carbocycles. The van der Waals surface area contributed by atoms with Crippen molar-refractivity contribution in [2.75, 3.05) is 29.7 Å². The zero-order valence-electron chi connectivity index (χ0n) is 11.9. The summed E-state index contributed by atoms with van der Waals surface area (Å²) < 4.78 is 5.08. The van der Waals surface area contributed by atoms with Crippen LogP contribution in [0, 0.1) is 5.92 Å². The first-order valence-corrected chi connectivity index (χ1v) is 8.15. The molecule has 1 aliphatic rings. The number of benzene rings is 1. The van der Waals surface area contributed by atoms with E-state index in [2.05, 4.69) is 5.32 Å². The Hall–Kier alpha value is -1.36. The summed E-state index contributed by atoms with van der Waals surface area (Å²) in [7, 11) is 1.59. The molecule has 0 aromatic heterocycles. The molecule has 4 nitrogen and oxygen atoms in total. The molecule has 0 heterocycles. The van der Waals surface area contributed by atoms with Crippen molar-refractivity contribution >= 4 is 29.0 Å². The van der Waals surface area contributed by atoms with Crippen LogP contribution in [0.1, 0.15) is 25.7 Å². The summed E-state index contributed by atoms with van der Waals surface area (Å²) in [5.74, 6) is 3.08. The number of nitrogens with two attached hydrogens (primary N) is 1. The molecule has 5 heteroatoms. The summed E-state index contributed by atoms with van der Waals surface area (Å²) in [5.41, 5.74) is 7.05. The number of nitrogens with one attached hydrogen (secondary N) is 1. The van der Waals surface area contributed by atoms with Gasteiger partial charge in [0.15, 0.2) is 0 Å². The third-order valence-corrected chi connectivity index (χ3v) is 4.77. The van der Waals surface area contributed by atoms with Gasteiger partial charge in [0.2, 0.25) is 5.91 Å². The van der Waals surface area contributed by atoms with E-state index >= 15 is 0 Å². The number of methoxy groups -OCH3 is 1. The number of rotatable bonds is 6. The smallest absolute Gasteiger partial charge is 0.234 e. The first kappa shape index (κ1) is 15.0. The average Bonchev–Trinajstić information content (AvgIpc) is 2.94. The molecule has 0 unspecified atom stereocenters. The molecule has 1 aromatic carbocycles. The SMILES string of the molecule is COc1ccc(NC(=O)CSCC2CCCC2)c(N)c1. The van der Waals surface area contributed by atoms with E-state index in [-0.39, 0.29) is 5.91 Å². The minimum atomic E-state index is 0.00450. The van der Waals surface area contributed by atoms with E-state index in [9.17, 15) is 4.79 Å². The third-order valence-electron chi connectivity index (χ3n) is 3.59. The van der Waals surface area contributed by atoms with Gasteiger partial charge in [-0.05, 0) is 36.6 Å². The summed E-state index contributed by atoms with van der Waals surface area (Å²) >= 11 is 1.71. The van der Waals surface area contributed by atoms with E-state index < -0.39 is 0 Å². The van der Waals surface area contributed by atoms with Gasteiger partial charge in [0.25, 0.3) is 0 Å². The summed E-state index contributed by atoms with van der Waals surface area (Å²) in [6.07, 6.45) is 5.33. The molecule has 110 valence electrons. The molecule has 0 spiro atoms. The normalized spacial score (nSPS) is 15.2. The number of thioether (sulfide) groups is 1. The molecule has 0 radical (unpaired) electrons. The van der Waals surface area contributed by atoms with E-state index in [0.717, 1.165) is 11.7 Å². The molecule has 0 saturated heterocycles. The fraction of sp³-hybridized carbons (Fsp3) is 0.533. The highest BCUT2D eigenvalue weighted by molar-refractivity contribution is 7.99. The van der Waals surface area contributed by atoms with Crippen LogP contribution in [0.4, 0.5) is 11.4 Å². The second-order valence-electron chi connectivity index (χ2n) is 5.17. The van der Waals surface area contributed by atoms with E-state index in [1.54, 1.807) is 37.1 Å². The molecule has 1 saturated carbocycles. The Balaban J connectivity index is 1.76. The summed E-state index contributed by atoms with van der Waals surface area (Å²) in [6, 6.07) is 5.27. The lowest BCUT2D eigenvalue weighted by Crippen LogP contribution is -2.16. The number of hydrogen-bond donors (Lipinski definition) is 2. The van der Waals surface area contributed by atoms with Crippen molar-refractivity contribution in [3.63, 3.8) is 0 Å². The van der Waals surface area contributed by atoms with Gasteiger partial charge in [0.1, 0.15) is 5.75 Å². The Morgan fingerprint density at radius 1 is 1.45 bits per heavy atom. The summed E-state index contributed by atoms with van der Waals surface area (Å²) in [5, 5.41) is 2.85. The third kappa shape index (κ3) is 4.34. The number of ether oxygens (including phenoxy) is 1. The van der Waals surface area contributed by atoms with Gasteiger partial charge in [-0.15, -0.1) is 0 Å². The molecule has 0 aliphatic heterocycles. The lowest BCUT2D eigenvalue weighted by Gasteiger charge is -2.11. The predicted molar refractivity (Wildman–Crippen MR) is 85.3 cm³/mol. The van der Waals surface area contributed by atoms with Crippen LogP contribution < -0.4 is 15.8 Å². The van der Waals surface area contributed by atoms with Gasteiger partial charge in [0.05, 0.1) is 24.2 Å². The van der Waals surface area contributed by atoms with E-state index in [1.807, 2.05) is 0 Å². The largest absolute Gasteiger partial charge is 0.497 e. The predicted octanol–water partition coefficient (Wildman–Crippen LogP) is 3.14. The topological polar surface area (TPSA) is 64.3 Å². The van der Waals surface area contributed by atoms with Crippen LogP contribution in [0.5, 0.6) is 5.75 Å². The maximum absolute atomic E-state index is 11.9. The van der Waals surface area contributed by atoms with E-state index in [1.165, 1.54) is 25.7 Å². The molecule has 3 N–H and O–H groups in total. The quantitative estimate of drug-likeness (QED) is 0.791. The van der Waals surface area contributed by atoms with Crippen molar-refractivity contribution in [2.45, 2.75) is 25.7 Å². The molecule has 1 amide bonds. The first-order chi connectivity index (χ1) is 9.69. The van der Waals surface area contributed by atoms with Crippen LogP contribution in [0.15, 0.2) is 18.2 Å². The monoisotopic (exact) mass is 294 g/mol. The second-order valence-corrected chi connectivity index (χ2v) is 6.20. The molecule has 1 aromatic rings. The Kier molecular flexibility index (Phi) is 5.59. The Morgan fingerprint density at radius 2 is 2.20 bits per heavy atom. The van der Waals surface area contributed by atoms with Crippen molar-refractivity contribution in [2.24, 2.45) is 5.92 Å². The number of carbonyl (C=O) groups is 1. The first-order valence-electron chi connectivity index (χ1n) is 7.00. The number of hydrogen-bond acceptors (Lipinski definition) is 4. The lowest BCUT2D eigenvalue weighted by molar-refractivity contribution is -0.113. The average molecular weight is 294 g/mol. The molecule has 20 heavy (non-hydrogen) atoms. The molecule has 0 bridgehead atoms. The molecule has 0 atom stereocenters. The van der Waals surface area contributed by atoms with Gasteiger partial charge >= 0.3 is 0 Å². The number of amides is 1. The molecular formula is C15H22N2O2S. The van der Waals surface area contributed by atoms with Crippen molar-refractivity contribution in [3.05, 3.63) is 18.2 Å².